The lowest BCUT2D eigenvalue weighted by atomic mass is 9.58. The minimum atomic E-state index is -0.552. The van der Waals surface area contributed by atoms with Crippen LogP contribution >= 0.6 is 0 Å². The highest BCUT2D eigenvalue weighted by atomic mass is 19.1. The molecular formula is C31H31FN4O. The Kier molecular flexibility index (Phi) is 5.75. The Bertz CT molecular complexity index is 1460. The maximum Gasteiger partial charge on any atom is 0.176 e. The summed E-state index contributed by atoms with van der Waals surface area (Å²) in [4.78, 5) is 20.5. The van der Waals surface area contributed by atoms with Gasteiger partial charge in [0.15, 0.2) is 5.78 Å². The second kappa shape index (κ2) is 8.99. The van der Waals surface area contributed by atoms with Crippen molar-refractivity contribution in [1.29, 1.82) is 5.26 Å². The zero-order valence-electron chi connectivity index (χ0n) is 21.4. The first-order valence-corrected chi connectivity index (χ1v) is 13.3. The first kappa shape index (κ1) is 23.7. The average Bonchev–Trinajstić information content (AvgIpc) is 3.32. The summed E-state index contributed by atoms with van der Waals surface area (Å²) in [5, 5.41) is 9.72. The van der Waals surface area contributed by atoms with Gasteiger partial charge in [-0.05, 0) is 68.4 Å². The number of hydrogen-bond acceptors (Lipinski definition) is 4. The molecule has 0 bridgehead atoms. The summed E-state index contributed by atoms with van der Waals surface area (Å²) in [6, 6.07) is 17.3. The summed E-state index contributed by atoms with van der Waals surface area (Å²) in [7, 11) is 0. The van der Waals surface area contributed by atoms with Crippen molar-refractivity contribution in [2.24, 2.45) is 11.8 Å². The first-order chi connectivity index (χ1) is 17.9. The lowest BCUT2D eigenvalue weighted by Gasteiger charge is -2.44. The molecule has 1 aliphatic heterocycles. The van der Waals surface area contributed by atoms with E-state index in [4.69, 9.17) is 4.98 Å². The van der Waals surface area contributed by atoms with Gasteiger partial charge >= 0.3 is 0 Å². The fourth-order valence-corrected chi connectivity index (χ4v) is 6.80. The van der Waals surface area contributed by atoms with E-state index in [1.807, 2.05) is 19.1 Å². The van der Waals surface area contributed by atoms with Gasteiger partial charge < -0.3 is 4.90 Å². The molecule has 6 heteroatoms. The predicted octanol–water partition coefficient (Wildman–Crippen LogP) is 6.16. The molecule has 0 N–H and O–H groups in total. The number of imidazole rings is 1. The topological polar surface area (TPSA) is 61.9 Å². The lowest BCUT2D eigenvalue weighted by Crippen LogP contribution is -2.45. The van der Waals surface area contributed by atoms with Gasteiger partial charge in [0, 0.05) is 41.4 Å². The number of nitrogens with zero attached hydrogens (tertiary/aromatic N) is 4. The predicted molar refractivity (Wildman–Crippen MR) is 142 cm³/mol. The Balaban J connectivity index is 1.57. The highest BCUT2D eigenvalue weighted by molar-refractivity contribution is 6.02. The van der Waals surface area contributed by atoms with Crippen LogP contribution in [-0.4, -0.2) is 28.4 Å². The molecule has 1 saturated heterocycles. The molecular weight excluding hydrogens is 463 g/mol. The standard InChI is InChI=1S/C31H31FN4O/c1-20-26-12-13-27-29(31(26,2)18-22(19-33)28(20)37)34-30(36(27)25-11-7-9-23(32)17-25)21-8-6-10-24(16-21)35-14-4-3-5-15-35/h6-11,16-18,20,26H,3-5,12-15H2,1-2H3/t20-,26-,31-/m1/s1. The molecule has 0 amide bonds. The van der Waals surface area contributed by atoms with Crippen molar-refractivity contribution in [1.82, 2.24) is 9.55 Å². The highest BCUT2D eigenvalue weighted by Crippen LogP contribution is 2.50. The number of fused-ring (bicyclic) bond motifs is 3. The average molecular weight is 495 g/mol. The van der Waals surface area contributed by atoms with Crippen molar-refractivity contribution in [2.75, 3.05) is 18.0 Å². The van der Waals surface area contributed by atoms with Gasteiger partial charge in [-0.2, -0.15) is 5.26 Å². The quantitative estimate of drug-likeness (QED) is 0.438. The summed E-state index contributed by atoms with van der Waals surface area (Å²) < 4.78 is 16.5. The maximum absolute atomic E-state index is 14.4. The molecule has 2 aromatic carbocycles. The van der Waals surface area contributed by atoms with Crippen molar-refractivity contribution in [2.45, 2.75) is 51.4 Å². The van der Waals surface area contributed by atoms with E-state index in [1.54, 1.807) is 12.1 Å². The summed E-state index contributed by atoms with van der Waals surface area (Å²) >= 11 is 0. The number of carbonyl (C=O) groups excluding carboxylic acids is 1. The van der Waals surface area contributed by atoms with E-state index in [1.165, 1.54) is 31.0 Å². The number of rotatable bonds is 3. The third-order valence-electron chi connectivity index (χ3n) is 8.68. The van der Waals surface area contributed by atoms with Crippen LogP contribution < -0.4 is 4.90 Å². The van der Waals surface area contributed by atoms with Crippen LogP contribution in [0.15, 0.2) is 60.2 Å². The fraction of sp³-hybridized carbons (Fsp3) is 0.387. The Hall–Kier alpha value is -3.72. The van der Waals surface area contributed by atoms with Crippen LogP contribution in [0, 0.1) is 29.0 Å². The first-order valence-electron chi connectivity index (χ1n) is 13.3. The number of nitriles is 1. The van der Waals surface area contributed by atoms with Crippen LogP contribution in [0.4, 0.5) is 10.1 Å². The molecule has 0 saturated carbocycles. The van der Waals surface area contributed by atoms with Gasteiger partial charge in [-0.3, -0.25) is 9.36 Å². The third kappa shape index (κ3) is 3.80. The lowest BCUT2D eigenvalue weighted by molar-refractivity contribution is -0.121. The van der Waals surface area contributed by atoms with Gasteiger partial charge in [0.05, 0.1) is 17.0 Å². The molecule has 1 fully saturated rings. The highest BCUT2D eigenvalue weighted by Gasteiger charge is 2.50. The van der Waals surface area contributed by atoms with Crippen molar-refractivity contribution < 1.29 is 9.18 Å². The van der Waals surface area contributed by atoms with Crippen LogP contribution in [-0.2, 0) is 16.6 Å². The molecule has 3 aliphatic rings. The molecule has 37 heavy (non-hydrogen) atoms. The normalized spacial score (nSPS) is 25.2. The molecule has 0 radical (unpaired) electrons. The zero-order valence-corrected chi connectivity index (χ0v) is 21.4. The molecule has 5 nitrogen and oxygen atoms in total. The number of Topliss-reactive ketones (excluding diaryl/α,β-unsaturated/α-hetero) is 1. The third-order valence-corrected chi connectivity index (χ3v) is 8.68. The molecule has 188 valence electrons. The van der Waals surface area contributed by atoms with Crippen molar-refractivity contribution in [3.05, 3.63) is 77.4 Å². The van der Waals surface area contributed by atoms with Gasteiger partial charge in [0.2, 0.25) is 0 Å². The van der Waals surface area contributed by atoms with E-state index in [9.17, 15) is 14.4 Å². The molecule has 3 atom stereocenters. The van der Waals surface area contributed by atoms with Crippen LogP contribution in [0.5, 0.6) is 0 Å². The molecule has 2 heterocycles. The van der Waals surface area contributed by atoms with Crippen LogP contribution in [0.25, 0.3) is 17.1 Å². The summed E-state index contributed by atoms with van der Waals surface area (Å²) in [5.74, 6) is 0.215. The van der Waals surface area contributed by atoms with E-state index in [-0.39, 0.29) is 29.0 Å². The number of allylic oxidation sites excluding steroid dienone is 2. The summed E-state index contributed by atoms with van der Waals surface area (Å²) in [5.41, 5.74) is 4.47. The van der Waals surface area contributed by atoms with Crippen LogP contribution in [0.1, 0.15) is 50.9 Å². The summed E-state index contributed by atoms with van der Waals surface area (Å²) in [6.45, 7) is 6.14. The van der Waals surface area contributed by atoms with E-state index >= 15 is 0 Å². The van der Waals surface area contributed by atoms with E-state index in [2.05, 4.69) is 46.7 Å². The van der Waals surface area contributed by atoms with Gasteiger partial charge in [0.25, 0.3) is 0 Å². The molecule has 6 rings (SSSR count). The van der Waals surface area contributed by atoms with Crippen molar-refractivity contribution >= 4 is 11.5 Å². The Morgan fingerprint density at radius 1 is 1.08 bits per heavy atom. The zero-order chi connectivity index (χ0) is 25.7. The minimum Gasteiger partial charge on any atom is -0.372 e. The second-order valence-corrected chi connectivity index (χ2v) is 10.9. The minimum absolute atomic E-state index is 0.0630. The number of hydrogen-bond donors (Lipinski definition) is 0. The van der Waals surface area contributed by atoms with Gasteiger partial charge in [-0.1, -0.05) is 38.1 Å². The smallest absolute Gasteiger partial charge is 0.176 e. The fourth-order valence-electron chi connectivity index (χ4n) is 6.80. The summed E-state index contributed by atoms with van der Waals surface area (Å²) in [6.07, 6.45) is 7.04. The van der Waals surface area contributed by atoms with E-state index in [0.717, 1.165) is 54.4 Å². The largest absolute Gasteiger partial charge is 0.372 e. The number of benzene rings is 2. The molecule has 1 aromatic heterocycles. The number of aromatic nitrogens is 2. The van der Waals surface area contributed by atoms with Gasteiger partial charge in [-0.25, -0.2) is 9.37 Å². The number of halogens is 1. The maximum atomic E-state index is 14.4. The van der Waals surface area contributed by atoms with Crippen molar-refractivity contribution in [3.63, 3.8) is 0 Å². The van der Waals surface area contributed by atoms with Crippen LogP contribution in [0.2, 0.25) is 0 Å². The SMILES string of the molecule is C[C@H]1C(=O)C(C#N)=C[C@@]2(C)c3nc(-c4cccc(N5CCCCC5)c4)n(-c4cccc(F)c4)c3CC[C@H]12. The van der Waals surface area contributed by atoms with Gasteiger partial charge in [0.1, 0.15) is 17.7 Å². The number of ketones is 1. The Morgan fingerprint density at radius 3 is 2.59 bits per heavy atom. The molecule has 3 aromatic rings. The number of anilines is 1. The Labute approximate surface area is 217 Å². The molecule has 0 spiro atoms. The van der Waals surface area contributed by atoms with Gasteiger partial charge in [-0.15, -0.1) is 0 Å². The van der Waals surface area contributed by atoms with Crippen LogP contribution in [0.3, 0.4) is 0 Å². The number of carbonyl (C=O) groups is 1. The second-order valence-electron chi connectivity index (χ2n) is 10.9. The monoisotopic (exact) mass is 494 g/mol. The Morgan fingerprint density at radius 2 is 1.84 bits per heavy atom. The molecule has 0 unspecified atom stereocenters. The van der Waals surface area contributed by atoms with E-state index in [0.29, 0.717) is 0 Å². The van der Waals surface area contributed by atoms with Crippen molar-refractivity contribution in [3.8, 4) is 23.1 Å². The van der Waals surface area contributed by atoms with E-state index < -0.39 is 5.41 Å². The number of piperidine rings is 1. The molecule has 2 aliphatic carbocycles.